The van der Waals surface area contributed by atoms with Crippen LogP contribution in [0.2, 0.25) is 5.02 Å². The molecular weight excluding hydrogens is 244 g/mol. The van der Waals surface area contributed by atoms with Crippen LogP contribution in [0, 0.1) is 0 Å². The smallest absolute Gasteiger partial charge is 0.119 e. The number of hydrogen-bond acceptors (Lipinski definition) is 1. The van der Waals surface area contributed by atoms with E-state index in [1.807, 2.05) is 24.3 Å². The molecule has 1 nitrogen and oxygen atoms in total. The molecule has 0 aliphatic carbocycles. The average molecular weight is 265 g/mol. The summed E-state index contributed by atoms with van der Waals surface area (Å²) in [6.07, 6.45) is 6.59. The molecule has 0 bridgehead atoms. The van der Waals surface area contributed by atoms with Crippen molar-refractivity contribution in [3.63, 3.8) is 0 Å². The SMILES string of the molecule is CC(C)=CCC/C(C)=C/COc1ccc(Cl)cc1. The van der Waals surface area contributed by atoms with E-state index in [0.717, 1.165) is 23.6 Å². The highest BCUT2D eigenvalue weighted by atomic mass is 35.5. The highest BCUT2D eigenvalue weighted by Crippen LogP contribution is 2.15. The van der Waals surface area contributed by atoms with Gasteiger partial charge in [-0.25, -0.2) is 0 Å². The van der Waals surface area contributed by atoms with Crippen molar-refractivity contribution in [3.05, 3.63) is 52.6 Å². The third kappa shape index (κ3) is 6.51. The Morgan fingerprint density at radius 2 is 1.78 bits per heavy atom. The van der Waals surface area contributed by atoms with Crippen LogP contribution in [0.4, 0.5) is 0 Å². The first-order chi connectivity index (χ1) is 8.58. The minimum atomic E-state index is 0.613. The quantitative estimate of drug-likeness (QED) is 0.624. The minimum Gasteiger partial charge on any atom is -0.490 e. The lowest BCUT2D eigenvalue weighted by atomic mass is 10.1. The molecule has 0 saturated heterocycles. The number of ether oxygens (including phenoxy) is 1. The number of rotatable bonds is 6. The molecule has 0 aliphatic heterocycles. The Morgan fingerprint density at radius 3 is 2.39 bits per heavy atom. The largest absolute Gasteiger partial charge is 0.490 e. The number of allylic oxidation sites excluding steroid dienone is 3. The molecule has 0 radical (unpaired) electrons. The second kappa shape index (κ2) is 7.99. The van der Waals surface area contributed by atoms with Crippen molar-refractivity contribution in [1.29, 1.82) is 0 Å². The van der Waals surface area contributed by atoms with E-state index < -0.39 is 0 Å². The van der Waals surface area contributed by atoms with Gasteiger partial charge in [0.25, 0.3) is 0 Å². The van der Waals surface area contributed by atoms with Crippen molar-refractivity contribution in [1.82, 2.24) is 0 Å². The molecule has 0 atom stereocenters. The van der Waals surface area contributed by atoms with Crippen LogP contribution in [0.15, 0.2) is 47.6 Å². The van der Waals surface area contributed by atoms with Gasteiger partial charge in [-0.15, -0.1) is 0 Å². The highest BCUT2D eigenvalue weighted by Gasteiger charge is 1.93. The molecule has 0 N–H and O–H groups in total. The molecule has 0 aromatic heterocycles. The Kier molecular flexibility index (Phi) is 6.59. The molecular formula is C16H21ClO. The van der Waals surface area contributed by atoms with Crippen LogP contribution in [0.1, 0.15) is 33.6 Å². The molecule has 1 aromatic rings. The van der Waals surface area contributed by atoms with Gasteiger partial charge in [-0.3, -0.25) is 0 Å². The zero-order chi connectivity index (χ0) is 13.4. The van der Waals surface area contributed by atoms with E-state index in [0.29, 0.717) is 6.61 Å². The Bertz CT molecular complexity index is 411. The average Bonchev–Trinajstić information content (AvgIpc) is 2.31. The topological polar surface area (TPSA) is 9.23 Å². The molecule has 0 fully saturated rings. The van der Waals surface area contributed by atoms with Gasteiger partial charge in [-0.05, 0) is 64.0 Å². The zero-order valence-electron chi connectivity index (χ0n) is 11.4. The van der Waals surface area contributed by atoms with Gasteiger partial charge >= 0.3 is 0 Å². The fraction of sp³-hybridized carbons (Fsp3) is 0.375. The first kappa shape index (κ1) is 14.8. The summed E-state index contributed by atoms with van der Waals surface area (Å²) < 4.78 is 5.61. The summed E-state index contributed by atoms with van der Waals surface area (Å²) in [6, 6.07) is 7.44. The molecule has 1 rings (SSSR count). The van der Waals surface area contributed by atoms with Gasteiger partial charge < -0.3 is 4.74 Å². The second-order valence-corrected chi connectivity index (χ2v) is 5.07. The van der Waals surface area contributed by atoms with E-state index in [-0.39, 0.29) is 0 Å². The maximum atomic E-state index is 5.81. The third-order valence-corrected chi connectivity index (χ3v) is 2.84. The summed E-state index contributed by atoms with van der Waals surface area (Å²) in [6.45, 7) is 7.01. The lowest BCUT2D eigenvalue weighted by molar-refractivity contribution is 0.361. The zero-order valence-corrected chi connectivity index (χ0v) is 12.1. The molecule has 18 heavy (non-hydrogen) atoms. The summed E-state index contributed by atoms with van der Waals surface area (Å²) in [7, 11) is 0. The number of benzene rings is 1. The first-order valence-electron chi connectivity index (χ1n) is 6.25. The lowest BCUT2D eigenvalue weighted by Gasteiger charge is -2.04. The van der Waals surface area contributed by atoms with Gasteiger partial charge in [0.15, 0.2) is 0 Å². The lowest BCUT2D eigenvalue weighted by Crippen LogP contribution is -1.94. The molecule has 0 saturated carbocycles. The summed E-state index contributed by atoms with van der Waals surface area (Å²) in [5, 5.41) is 0.732. The predicted molar refractivity (Wildman–Crippen MR) is 79.4 cm³/mol. The van der Waals surface area contributed by atoms with E-state index in [1.165, 1.54) is 11.1 Å². The molecule has 0 heterocycles. The van der Waals surface area contributed by atoms with Gasteiger partial charge in [0.05, 0.1) is 0 Å². The Hall–Kier alpha value is -1.21. The van der Waals surface area contributed by atoms with Crippen LogP contribution in [0.25, 0.3) is 0 Å². The van der Waals surface area contributed by atoms with Crippen molar-refractivity contribution >= 4 is 11.6 Å². The van der Waals surface area contributed by atoms with Crippen LogP contribution < -0.4 is 4.74 Å². The molecule has 0 amide bonds. The van der Waals surface area contributed by atoms with Crippen LogP contribution >= 0.6 is 11.6 Å². The van der Waals surface area contributed by atoms with E-state index >= 15 is 0 Å². The van der Waals surface area contributed by atoms with Crippen LogP contribution in [-0.2, 0) is 0 Å². The summed E-state index contributed by atoms with van der Waals surface area (Å²) in [4.78, 5) is 0. The Balaban J connectivity index is 2.31. The van der Waals surface area contributed by atoms with Gasteiger partial charge in [-0.1, -0.05) is 28.8 Å². The molecule has 0 aliphatic rings. The fourth-order valence-electron chi connectivity index (χ4n) is 1.50. The standard InChI is InChI=1S/C16H21ClO/c1-13(2)5-4-6-14(3)11-12-18-16-9-7-15(17)8-10-16/h5,7-11H,4,6,12H2,1-3H3/b14-11+. The molecule has 1 aromatic carbocycles. The predicted octanol–water partition coefficient (Wildman–Crippen LogP) is 5.41. The van der Waals surface area contributed by atoms with Crippen molar-refractivity contribution in [3.8, 4) is 5.75 Å². The summed E-state index contributed by atoms with van der Waals surface area (Å²) in [5.41, 5.74) is 2.74. The van der Waals surface area contributed by atoms with Gasteiger partial charge in [0, 0.05) is 5.02 Å². The molecule has 98 valence electrons. The van der Waals surface area contributed by atoms with E-state index in [1.54, 1.807) is 0 Å². The molecule has 0 spiro atoms. The van der Waals surface area contributed by atoms with E-state index in [2.05, 4.69) is 32.9 Å². The monoisotopic (exact) mass is 264 g/mol. The van der Waals surface area contributed by atoms with Gasteiger partial charge in [0.1, 0.15) is 12.4 Å². The van der Waals surface area contributed by atoms with Crippen molar-refractivity contribution < 1.29 is 4.74 Å². The molecule has 0 unspecified atom stereocenters. The maximum Gasteiger partial charge on any atom is 0.119 e. The Morgan fingerprint density at radius 1 is 1.11 bits per heavy atom. The Labute approximate surface area is 115 Å². The summed E-state index contributed by atoms with van der Waals surface area (Å²) in [5.74, 6) is 0.854. The van der Waals surface area contributed by atoms with E-state index in [4.69, 9.17) is 16.3 Å². The third-order valence-electron chi connectivity index (χ3n) is 2.59. The normalized spacial score (nSPS) is 11.2. The van der Waals surface area contributed by atoms with Crippen LogP contribution in [0.3, 0.4) is 0 Å². The minimum absolute atomic E-state index is 0.613. The van der Waals surface area contributed by atoms with Crippen molar-refractivity contribution in [2.24, 2.45) is 0 Å². The highest BCUT2D eigenvalue weighted by molar-refractivity contribution is 6.30. The number of hydrogen-bond donors (Lipinski definition) is 0. The van der Waals surface area contributed by atoms with Crippen LogP contribution in [0.5, 0.6) is 5.75 Å². The van der Waals surface area contributed by atoms with E-state index in [9.17, 15) is 0 Å². The summed E-state index contributed by atoms with van der Waals surface area (Å²) >= 11 is 5.81. The van der Waals surface area contributed by atoms with Gasteiger partial charge in [0.2, 0.25) is 0 Å². The second-order valence-electron chi connectivity index (χ2n) is 4.64. The maximum absolute atomic E-state index is 5.81. The first-order valence-corrected chi connectivity index (χ1v) is 6.63. The van der Waals surface area contributed by atoms with Gasteiger partial charge in [-0.2, -0.15) is 0 Å². The molecule has 2 heteroatoms. The van der Waals surface area contributed by atoms with Crippen LogP contribution in [-0.4, -0.2) is 6.61 Å². The number of halogens is 1. The van der Waals surface area contributed by atoms with Crippen molar-refractivity contribution in [2.45, 2.75) is 33.6 Å². The fourth-order valence-corrected chi connectivity index (χ4v) is 1.63. The van der Waals surface area contributed by atoms with Crippen molar-refractivity contribution in [2.75, 3.05) is 6.61 Å².